The van der Waals surface area contributed by atoms with Gasteiger partial charge in [0.25, 0.3) is 0 Å². The summed E-state index contributed by atoms with van der Waals surface area (Å²) in [6.45, 7) is 11.9. The Hall–Kier alpha value is -0.790. The molecule has 0 aromatic heterocycles. The van der Waals surface area contributed by atoms with Crippen molar-refractivity contribution in [3.63, 3.8) is 0 Å². The largest absolute Gasteiger partial charge is 0.457 e. The molecule has 0 N–H and O–H groups in total. The maximum Gasteiger partial charge on any atom is 0.331 e. The van der Waals surface area contributed by atoms with Crippen LogP contribution in [0, 0.1) is 5.92 Å². The van der Waals surface area contributed by atoms with Crippen molar-refractivity contribution in [1.29, 1.82) is 0 Å². The summed E-state index contributed by atoms with van der Waals surface area (Å²) in [6.07, 6.45) is 3.87. The van der Waals surface area contributed by atoms with Crippen LogP contribution in [0.3, 0.4) is 0 Å². The molecule has 0 aliphatic rings. The van der Waals surface area contributed by atoms with E-state index in [4.69, 9.17) is 4.74 Å². The molecule has 0 radical (unpaired) electrons. The van der Waals surface area contributed by atoms with E-state index >= 15 is 0 Å². The molecular formula is C13H24O2. The van der Waals surface area contributed by atoms with Crippen molar-refractivity contribution in [3.05, 3.63) is 11.6 Å². The number of rotatable bonds is 4. The van der Waals surface area contributed by atoms with Crippen molar-refractivity contribution in [2.75, 3.05) is 0 Å². The molecule has 0 fully saturated rings. The monoisotopic (exact) mass is 212 g/mol. The van der Waals surface area contributed by atoms with Gasteiger partial charge in [0.05, 0.1) is 0 Å². The van der Waals surface area contributed by atoms with E-state index in [9.17, 15) is 4.79 Å². The summed E-state index contributed by atoms with van der Waals surface area (Å²) in [7, 11) is 0. The molecule has 0 spiro atoms. The lowest BCUT2D eigenvalue weighted by Crippen LogP contribution is -2.23. The number of carbonyl (C=O) groups is 1. The van der Waals surface area contributed by atoms with E-state index in [1.54, 1.807) is 6.08 Å². The van der Waals surface area contributed by atoms with Crippen molar-refractivity contribution >= 4 is 5.97 Å². The van der Waals surface area contributed by atoms with Crippen LogP contribution in [0.15, 0.2) is 11.6 Å². The second-order valence-electron chi connectivity index (χ2n) is 5.11. The Morgan fingerprint density at radius 3 is 2.33 bits per heavy atom. The second-order valence-corrected chi connectivity index (χ2v) is 5.11. The van der Waals surface area contributed by atoms with Gasteiger partial charge in [0.15, 0.2) is 0 Å². The van der Waals surface area contributed by atoms with E-state index in [-0.39, 0.29) is 5.97 Å². The van der Waals surface area contributed by atoms with Crippen LogP contribution < -0.4 is 0 Å². The fourth-order valence-corrected chi connectivity index (χ4v) is 1.32. The highest BCUT2D eigenvalue weighted by Gasteiger charge is 2.15. The van der Waals surface area contributed by atoms with E-state index in [1.165, 1.54) is 0 Å². The molecule has 0 bridgehead atoms. The van der Waals surface area contributed by atoms with E-state index < -0.39 is 5.60 Å². The van der Waals surface area contributed by atoms with Crippen LogP contribution in [-0.2, 0) is 9.53 Å². The van der Waals surface area contributed by atoms with Gasteiger partial charge in [-0.05, 0) is 40.0 Å². The molecule has 0 aliphatic heterocycles. The van der Waals surface area contributed by atoms with Gasteiger partial charge in [0.2, 0.25) is 0 Å². The Morgan fingerprint density at radius 1 is 1.40 bits per heavy atom. The minimum Gasteiger partial charge on any atom is -0.457 e. The van der Waals surface area contributed by atoms with Gasteiger partial charge < -0.3 is 4.74 Å². The fraction of sp³-hybridized carbons (Fsp3) is 0.769. The minimum absolute atomic E-state index is 0.233. The molecule has 0 amide bonds. The van der Waals surface area contributed by atoms with Crippen molar-refractivity contribution < 1.29 is 9.53 Å². The fourth-order valence-electron chi connectivity index (χ4n) is 1.32. The van der Waals surface area contributed by atoms with Crippen LogP contribution in [0.4, 0.5) is 0 Å². The van der Waals surface area contributed by atoms with Crippen LogP contribution in [0.25, 0.3) is 0 Å². The van der Waals surface area contributed by atoms with Crippen LogP contribution in [0.1, 0.15) is 54.4 Å². The lowest BCUT2D eigenvalue weighted by Gasteiger charge is -2.19. The average molecular weight is 212 g/mol. The van der Waals surface area contributed by atoms with Crippen molar-refractivity contribution in [2.24, 2.45) is 5.92 Å². The van der Waals surface area contributed by atoms with Crippen LogP contribution in [0.5, 0.6) is 0 Å². The number of allylic oxidation sites excluding steroid dienone is 1. The smallest absolute Gasteiger partial charge is 0.331 e. The van der Waals surface area contributed by atoms with Crippen LogP contribution in [0.2, 0.25) is 0 Å². The van der Waals surface area contributed by atoms with Gasteiger partial charge in [-0.15, -0.1) is 0 Å². The quantitative estimate of drug-likeness (QED) is 0.524. The molecule has 0 saturated heterocycles. The Kier molecular flexibility index (Phi) is 5.63. The minimum atomic E-state index is -0.401. The highest BCUT2D eigenvalue weighted by molar-refractivity contribution is 5.83. The van der Waals surface area contributed by atoms with Crippen molar-refractivity contribution in [2.45, 2.75) is 60.0 Å². The zero-order valence-electron chi connectivity index (χ0n) is 10.9. The first-order chi connectivity index (χ1) is 6.76. The summed E-state index contributed by atoms with van der Waals surface area (Å²) < 4.78 is 5.22. The predicted octanol–water partition coefficient (Wildman–Crippen LogP) is 3.71. The first-order valence-electron chi connectivity index (χ1n) is 5.67. The summed E-state index contributed by atoms with van der Waals surface area (Å²) >= 11 is 0. The Balaban J connectivity index is 4.29. The maximum absolute atomic E-state index is 11.5. The molecule has 88 valence electrons. The SMILES string of the molecule is CCCC(C)C(C)=CC(=O)OC(C)(C)C. The topological polar surface area (TPSA) is 26.3 Å². The number of hydrogen-bond donors (Lipinski definition) is 0. The molecular weight excluding hydrogens is 188 g/mol. The van der Waals surface area contributed by atoms with Gasteiger partial charge in [-0.1, -0.05) is 25.8 Å². The van der Waals surface area contributed by atoms with Gasteiger partial charge in [-0.3, -0.25) is 0 Å². The van der Waals surface area contributed by atoms with Gasteiger partial charge in [-0.2, -0.15) is 0 Å². The number of ether oxygens (including phenoxy) is 1. The number of esters is 1. The molecule has 1 unspecified atom stereocenters. The number of carbonyl (C=O) groups excluding carboxylic acids is 1. The third-order valence-electron chi connectivity index (χ3n) is 2.25. The highest BCUT2D eigenvalue weighted by Crippen LogP contribution is 2.16. The normalized spacial score (nSPS) is 14.9. The average Bonchev–Trinajstić information content (AvgIpc) is 2.00. The van der Waals surface area contributed by atoms with Crippen molar-refractivity contribution in [1.82, 2.24) is 0 Å². The summed E-state index contributed by atoms with van der Waals surface area (Å²) in [6, 6.07) is 0. The molecule has 0 heterocycles. The van der Waals surface area contributed by atoms with Gasteiger partial charge in [0, 0.05) is 6.08 Å². The molecule has 2 heteroatoms. The summed E-state index contributed by atoms with van der Waals surface area (Å²) in [5, 5.41) is 0. The summed E-state index contributed by atoms with van der Waals surface area (Å²) in [4.78, 5) is 11.5. The molecule has 15 heavy (non-hydrogen) atoms. The summed E-state index contributed by atoms with van der Waals surface area (Å²) in [5.41, 5.74) is 0.702. The van der Waals surface area contributed by atoms with Crippen molar-refractivity contribution in [3.8, 4) is 0 Å². The standard InChI is InChI=1S/C13H24O2/c1-7-8-10(2)11(3)9-12(14)15-13(4,5)6/h9-10H,7-8H2,1-6H3. The Labute approximate surface area is 93.7 Å². The molecule has 0 saturated carbocycles. The lowest BCUT2D eigenvalue weighted by molar-refractivity contribution is -0.148. The van der Waals surface area contributed by atoms with Crippen LogP contribution in [-0.4, -0.2) is 11.6 Å². The first-order valence-corrected chi connectivity index (χ1v) is 5.67. The molecule has 0 aromatic rings. The van der Waals surface area contributed by atoms with E-state index in [0.29, 0.717) is 5.92 Å². The predicted molar refractivity (Wildman–Crippen MR) is 63.7 cm³/mol. The Bertz CT molecular complexity index is 233. The molecule has 0 aromatic carbocycles. The summed E-state index contributed by atoms with van der Waals surface area (Å²) in [5.74, 6) is 0.227. The lowest BCUT2D eigenvalue weighted by atomic mass is 9.97. The highest BCUT2D eigenvalue weighted by atomic mass is 16.6. The zero-order chi connectivity index (χ0) is 12.1. The zero-order valence-corrected chi connectivity index (χ0v) is 10.9. The van der Waals surface area contributed by atoms with E-state index in [2.05, 4.69) is 13.8 Å². The molecule has 0 aliphatic carbocycles. The van der Waals surface area contributed by atoms with Gasteiger partial charge in [0.1, 0.15) is 5.60 Å². The van der Waals surface area contributed by atoms with Gasteiger partial charge in [-0.25, -0.2) is 4.79 Å². The van der Waals surface area contributed by atoms with E-state index in [1.807, 2.05) is 27.7 Å². The molecule has 0 rings (SSSR count). The first kappa shape index (κ1) is 14.2. The molecule has 2 nitrogen and oxygen atoms in total. The van der Waals surface area contributed by atoms with Crippen LogP contribution >= 0.6 is 0 Å². The maximum atomic E-state index is 11.5. The van der Waals surface area contributed by atoms with Gasteiger partial charge >= 0.3 is 5.97 Å². The molecule has 1 atom stereocenters. The Morgan fingerprint density at radius 2 is 1.93 bits per heavy atom. The third kappa shape index (κ3) is 7.18. The number of hydrogen-bond acceptors (Lipinski definition) is 2. The second kappa shape index (κ2) is 5.94. The van der Waals surface area contributed by atoms with E-state index in [0.717, 1.165) is 18.4 Å². The third-order valence-corrected chi connectivity index (χ3v) is 2.25.